The Bertz CT molecular complexity index is 1400. The van der Waals surface area contributed by atoms with E-state index in [1.807, 2.05) is 91.0 Å². The van der Waals surface area contributed by atoms with Crippen LogP contribution in [0.4, 0.5) is 5.13 Å². The number of aromatic nitrogens is 1. The molecule has 5 heteroatoms. The Morgan fingerprint density at radius 2 is 1.47 bits per heavy atom. The molecule has 168 valence electrons. The van der Waals surface area contributed by atoms with Crippen molar-refractivity contribution in [3.8, 4) is 5.75 Å². The molecule has 0 unspecified atom stereocenters. The summed E-state index contributed by atoms with van der Waals surface area (Å²) >= 11 is 1.51. The molecule has 0 atom stereocenters. The van der Waals surface area contributed by atoms with E-state index in [1.54, 1.807) is 12.0 Å². The number of carbonyl (C=O) groups is 1. The molecule has 0 N–H and O–H groups in total. The number of anilines is 1. The zero-order valence-electron chi connectivity index (χ0n) is 18.8. The first-order valence-corrected chi connectivity index (χ1v) is 11.9. The fourth-order valence-corrected chi connectivity index (χ4v) is 4.83. The average molecular weight is 465 g/mol. The summed E-state index contributed by atoms with van der Waals surface area (Å²) in [6, 6.07) is 34.0. The van der Waals surface area contributed by atoms with E-state index in [9.17, 15) is 4.79 Å². The number of carbonyl (C=O) groups excluding carboxylic acids is 1. The van der Waals surface area contributed by atoms with Gasteiger partial charge in [0.05, 0.1) is 23.9 Å². The topological polar surface area (TPSA) is 42.4 Å². The predicted octanol–water partition coefficient (Wildman–Crippen LogP) is 6.74. The third kappa shape index (κ3) is 4.85. The zero-order valence-corrected chi connectivity index (χ0v) is 19.7. The van der Waals surface area contributed by atoms with Crippen molar-refractivity contribution >= 4 is 32.6 Å². The molecule has 5 rings (SSSR count). The minimum absolute atomic E-state index is 0.0684. The molecule has 5 aromatic rings. The largest absolute Gasteiger partial charge is 0.497 e. The Hall–Kier alpha value is -3.96. The van der Waals surface area contributed by atoms with Gasteiger partial charge in [-0.2, -0.15) is 0 Å². The van der Waals surface area contributed by atoms with Crippen molar-refractivity contribution in [2.75, 3.05) is 12.0 Å². The smallest absolute Gasteiger partial charge is 0.260 e. The highest BCUT2D eigenvalue weighted by Crippen LogP contribution is 2.33. The molecule has 0 aliphatic carbocycles. The Morgan fingerprint density at radius 1 is 0.824 bits per heavy atom. The van der Waals surface area contributed by atoms with Gasteiger partial charge in [0.15, 0.2) is 5.13 Å². The minimum Gasteiger partial charge on any atom is -0.497 e. The van der Waals surface area contributed by atoms with E-state index in [2.05, 4.69) is 12.1 Å². The maximum absolute atomic E-state index is 13.7. The Balaban J connectivity index is 1.45. The first-order chi connectivity index (χ1) is 16.7. The summed E-state index contributed by atoms with van der Waals surface area (Å²) in [4.78, 5) is 20.2. The van der Waals surface area contributed by atoms with Crippen LogP contribution in [-0.2, 0) is 13.0 Å². The molecule has 4 nitrogen and oxygen atoms in total. The van der Waals surface area contributed by atoms with E-state index >= 15 is 0 Å². The number of nitrogens with zero attached hydrogens (tertiary/aromatic N) is 2. The summed E-state index contributed by atoms with van der Waals surface area (Å²) in [5, 5.41) is 0.672. The second kappa shape index (κ2) is 9.89. The molecule has 0 aliphatic rings. The van der Waals surface area contributed by atoms with Crippen LogP contribution < -0.4 is 9.64 Å². The normalized spacial score (nSPS) is 10.9. The van der Waals surface area contributed by atoms with Gasteiger partial charge in [-0.05, 0) is 47.4 Å². The summed E-state index contributed by atoms with van der Waals surface area (Å²) in [5.74, 6) is 0.681. The van der Waals surface area contributed by atoms with Gasteiger partial charge in [-0.1, -0.05) is 84.1 Å². The van der Waals surface area contributed by atoms with Crippen molar-refractivity contribution in [3.05, 3.63) is 125 Å². The second-order valence-electron chi connectivity index (χ2n) is 8.07. The van der Waals surface area contributed by atoms with Crippen LogP contribution in [0.5, 0.6) is 5.75 Å². The van der Waals surface area contributed by atoms with Gasteiger partial charge in [0, 0.05) is 11.6 Å². The van der Waals surface area contributed by atoms with Crippen molar-refractivity contribution in [3.63, 3.8) is 0 Å². The average Bonchev–Trinajstić information content (AvgIpc) is 3.31. The summed E-state index contributed by atoms with van der Waals surface area (Å²) < 4.78 is 6.36. The zero-order chi connectivity index (χ0) is 23.3. The molecular weight excluding hydrogens is 440 g/mol. The Morgan fingerprint density at radius 3 is 2.15 bits per heavy atom. The number of amides is 1. The quantitative estimate of drug-likeness (QED) is 0.268. The summed E-state index contributed by atoms with van der Waals surface area (Å²) in [7, 11) is 1.64. The highest BCUT2D eigenvalue weighted by atomic mass is 32.1. The first kappa shape index (κ1) is 21.9. The molecule has 0 saturated carbocycles. The van der Waals surface area contributed by atoms with Gasteiger partial charge in [-0.25, -0.2) is 4.98 Å². The molecule has 1 heterocycles. The molecule has 0 saturated heterocycles. The monoisotopic (exact) mass is 464 g/mol. The number of thiazole rings is 1. The van der Waals surface area contributed by atoms with Gasteiger partial charge in [0.1, 0.15) is 5.75 Å². The Kier molecular flexibility index (Phi) is 6.36. The standard InChI is InChI=1S/C29H24N2O2S/c1-33-25-16-17-27-26(19-25)30-29(34-27)31(20-23-10-6-3-7-11-23)28(32)24-14-12-22(13-15-24)18-21-8-4-2-5-9-21/h2-17,19H,18,20H2,1H3. The van der Waals surface area contributed by atoms with Gasteiger partial charge in [0.25, 0.3) is 5.91 Å². The molecule has 0 spiro atoms. The van der Waals surface area contributed by atoms with Crippen molar-refractivity contribution in [1.82, 2.24) is 4.98 Å². The lowest BCUT2D eigenvalue weighted by Gasteiger charge is -2.20. The van der Waals surface area contributed by atoms with Gasteiger partial charge in [-0.15, -0.1) is 0 Å². The number of methoxy groups -OCH3 is 1. The Labute approximate surface area is 203 Å². The molecule has 0 bridgehead atoms. The SMILES string of the molecule is COc1ccc2sc(N(Cc3ccccc3)C(=O)c3ccc(Cc4ccccc4)cc3)nc2c1. The molecule has 34 heavy (non-hydrogen) atoms. The second-order valence-corrected chi connectivity index (χ2v) is 9.08. The van der Waals surface area contributed by atoms with Crippen molar-refractivity contribution in [2.45, 2.75) is 13.0 Å². The van der Waals surface area contributed by atoms with E-state index < -0.39 is 0 Å². The van der Waals surface area contributed by atoms with Crippen LogP contribution in [-0.4, -0.2) is 18.0 Å². The lowest BCUT2D eigenvalue weighted by Crippen LogP contribution is -2.30. The van der Waals surface area contributed by atoms with Crippen molar-refractivity contribution in [1.29, 1.82) is 0 Å². The third-order valence-corrected chi connectivity index (χ3v) is 6.75. The summed E-state index contributed by atoms with van der Waals surface area (Å²) in [6.07, 6.45) is 0.836. The van der Waals surface area contributed by atoms with Crippen LogP contribution in [0.2, 0.25) is 0 Å². The number of rotatable bonds is 7. The number of ether oxygens (including phenoxy) is 1. The van der Waals surface area contributed by atoms with Gasteiger partial charge in [0.2, 0.25) is 0 Å². The number of benzene rings is 4. The first-order valence-electron chi connectivity index (χ1n) is 11.1. The molecule has 1 aromatic heterocycles. The van der Waals surface area contributed by atoms with Crippen molar-refractivity contribution < 1.29 is 9.53 Å². The molecule has 1 amide bonds. The molecule has 0 radical (unpaired) electrons. The van der Waals surface area contributed by atoms with E-state index in [0.29, 0.717) is 17.2 Å². The highest BCUT2D eigenvalue weighted by molar-refractivity contribution is 7.22. The molecular formula is C29H24N2O2S. The molecule has 0 fully saturated rings. The van der Waals surface area contributed by atoms with Crippen LogP contribution in [0.3, 0.4) is 0 Å². The van der Waals surface area contributed by atoms with E-state index in [-0.39, 0.29) is 5.91 Å². The van der Waals surface area contributed by atoms with Gasteiger partial charge in [-0.3, -0.25) is 9.69 Å². The van der Waals surface area contributed by atoms with E-state index in [0.717, 1.165) is 28.0 Å². The maximum atomic E-state index is 13.7. The van der Waals surface area contributed by atoms with Crippen LogP contribution >= 0.6 is 11.3 Å². The van der Waals surface area contributed by atoms with Crippen LogP contribution in [0.25, 0.3) is 10.2 Å². The minimum atomic E-state index is -0.0684. The fourth-order valence-electron chi connectivity index (χ4n) is 3.88. The summed E-state index contributed by atoms with van der Waals surface area (Å²) in [5.41, 5.74) is 4.93. The summed E-state index contributed by atoms with van der Waals surface area (Å²) in [6.45, 7) is 0.447. The van der Waals surface area contributed by atoms with Gasteiger partial charge < -0.3 is 4.74 Å². The predicted molar refractivity (Wildman–Crippen MR) is 139 cm³/mol. The number of fused-ring (bicyclic) bond motifs is 1. The number of hydrogen-bond acceptors (Lipinski definition) is 4. The van der Waals surface area contributed by atoms with Gasteiger partial charge >= 0.3 is 0 Å². The van der Waals surface area contributed by atoms with E-state index in [4.69, 9.17) is 9.72 Å². The lowest BCUT2D eigenvalue weighted by atomic mass is 10.0. The maximum Gasteiger partial charge on any atom is 0.260 e. The molecule has 4 aromatic carbocycles. The lowest BCUT2D eigenvalue weighted by molar-refractivity contribution is 0.0985. The third-order valence-electron chi connectivity index (χ3n) is 5.69. The van der Waals surface area contributed by atoms with Crippen molar-refractivity contribution in [2.24, 2.45) is 0 Å². The van der Waals surface area contributed by atoms with Crippen LogP contribution in [0, 0.1) is 0 Å². The van der Waals surface area contributed by atoms with Crippen LogP contribution in [0.15, 0.2) is 103 Å². The van der Waals surface area contributed by atoms with E-state index in [1.165, 1.54) is 22.5 Å². The highest BCUT2D eigenvalue weighted by Gasteiger charge is 2.22. The number of hydrogen-bond donors (Lipinski definition) is 0. The fraction of sp³-hybridized carbons (Fsp3) is 0.103. The van der Waals surface area contributed by atoms with Crippen LogP contribution in [0.1, 0.15) is 27.0 Å². The molecule has 0 aliphatic heterocycles.